The summed E-state index contributed by atoms with van der Waals surface area (Å²) in [5.74, 6) is 5.06. The maximum Gasteiger partial charge on any atom is 0.230 e. The van der Waals surface area contributed by atoms with Crippen LogP contribution in [0.3, 0.4) is 0 Å². The van der Waals surface area contributed by atoms with Gasteiger partial charge in [-0.05, 0) is 73.9 Å². The van der Waals surface area contributed by atoms with Gasteiger partial charge in [0.15, 0.2) is 0 Å². The summed E-state index contributed by atoms with van der Waals surface area (Å²) in [4.78, 5) is 11.5. The van der Waals surface area contributed by atoms with E-state index in [1.54, 1.807) is 6.08 Å². The zero-order valence-electron chi connectivity index (χ0n) is 12.4. The fourth-order valence-corrected chi connectivity index (χ4v) is 6.30. The number of carbonyl (C=O) groups excluding carboxylic acids is 1. The maximum atomic E-state index is 11.5. The molecule has 4 saturated carbocycles. The largest absolute Gasteiger partial charge is 0.352 e. The minimum absolute atomic E-state index is 0.153. The van der Waals surface area contributed by atoms with E-state index in [4.69, 9.17) is 0 Å². The first kappa shape index (κ1) is 14.5. The van der Waals surface area contributed by atoms with E-state index in [0.29, 0.717) is 17.7 Å². The maximum absolute atomic E-state index is 11.5. The molecule has 4 aliphatic carbocycles. The molecule has 0 saturated heterocycles. The second-order valence-corrected chi connectivity index (χ2v) is 8.42. The van der Waals surface area contributed by atoms with Gasteiger partial charge >= 0.3 is 0 Å². The van der Waals surface area contributed by atoms with Crippen molar-refractivity contribution in [1.29, 1.82) is 0 Å². The molecule has 0 unspecified atom stereocenters. The third-order valence-electron chi connectivity index (χ3n) is 5.62. The molecule has 4 rings (SSSR count). The predicted molar refractivity (Wildman–Crippen MR) is 85.8 cm³/mol. The highest BCUT2D eigenvalue weighted by Gasteiger charge is 2.50. The van der Waals surface area contributed by atoms with Crippen LogP contribution in [0.25, 0.3) is 0 Å². The van der Waals surface area contributed by atoms with Crippen LogP contribution in [-0.4, -0.2) is 24.0 Å². The Balaban J connectivity index is 1.40. The molecule has 0 atom stereocenters. The standard InChI is InChI=1S/C17H27NOS/c1-2-4-18-16(19)12-20-5-3-17-9-13-6-14(10-17)8-15(7-13)11-17/h2,13-15H,1,3-12H2,(H,18,19). The van der Waals surface area contributed by atoms with E-state index in [9.17, 15) is 4.79 Å². The molecule has 0 aromatic heterocycles. The molecule has 20 heavy (non-hydrogen) atoms. The summed E-state index contributed by atoms with van der Waals surface area (Å²) in [6, 6.07) is 0. The summed E-state index contributed by atoms with van der Waals surface area (Å²) in [6.07, 6.45) is 12.1. The lowest BCUT2D eigenvalue weighted by Crippen LogP contribution is -2.46. The predicted octanol–water partition coefficient (Wildman–Crippen LogP) is 3.63. The van der Waals surface area contributed by atoms with Crippen molar-refractivity contribution in [3.8, 4) is 0 Å². The number of rotatable bonds is 7. The third kappa shape index (κ3) is 3.24. The van der Waals surface area contributed by atoms with Crippen LogP contribution in [0, 0.1) is 23.2 Å². The van der Waals surface area contributed by atoms with Crippen LogP contribution in [0.15, 0.2) is 12.7 Å². The first-order valence-electron chi connectivity index (χ1n) is 8.14. The van der Waals surface area contributed by atoms with E-state index in [-0.39, 0.29) is 5.91 Å². The normalized spacial score (nSPS) is 37.9. The number of hydrogen-bond donors (Lipinski definition) is 1. The molecule has 4 bridgehead atoms. The fraction of sp³-hybridized carbons (Fsp3) is 0.824. The van der Waals surface area contributed by atoms with Crippen molar-refractivity contribution in [2.45, 2.75) is 44.9 Å². The van der Waals surface area contributed by atoms with Gasteiger partial charge in [-0.2, -0.15) is 11.8 Å². The van der Waals surface area contributed by atoms with E-state index in [2.05, 4.69) is 11.9 Å². The topological polar surface area (TPSA) is 29.1 Å². The Morgan fingerprint density at radius 3 is 2.35 bits per heavy atom. The van der Waals surface area contributed by atoms with E-state index in [1.165, 1.54) is 44.9 Å². The Bertz CT molecular complexity index is 344. The molecule has 4 fully saturated rings. The van der Waals surface area contributed by atoms with Gasteiger partial charge in [-0.25, -0.2) is 0 Å². The molecular formula is C17H27NOS. The second kappa shape index (κ2) is 6.13. The van der Waals surface area contributed by atoms with Gasteiger partial charge in [0.2, 0.25) is 5.91 Å². The van der Waals surface area contributed by atoms with Crippen molar-refractivity contribution in [2.75, 3.05) is 18.1 Å². The molecule has 0 spiro atoms. The number of thioether (sulfide) groups is 1. The summed E-state index contributed by atoms with van der Waals surface area (Å²) >= 11 is 1.81. The average molecular weight is 293 g/mol. The molecule has 0 aromatic rings. The number of hydrogen-bond acceptors (Lipinski definition) is 2. The molecule has 3 heteroatoms. The van der Waals surface area contributed by atoms with Crippen LogP contribution in [0.5, 0.6) is 0 Å². The molecule has 4 aliphatic rings. The highest BCUT2D eigenvalue weighted by Crippen LogP contribution is 2.61. The molecule has 1 N–H and O–H groups in total. The van der Waals surface area contributed by atoms with Crippen molar-refractivity contribution in [1.82, 2.24) is 5.32 Å². The first-order chi connectivity index (χ1) is 9.69. The summed E-state index contributed by atoms with van der Waals surface area (Å²) in [5.41, 5.74) is 0.666. The van der Waals surface area contributed by atoms with Gasteiger partial charge in [0, 0.05) is 6.54 Å². The zero-order valence-corrected chi connectivity index (χ0v) is 13.2. The lowest BCUT2D eigenvalue weighted by Gasteiger charge is -2.57. The third-order valence-corrected chi connectivity index (χ3v) is 6.58. The molecule has 0 aliphatic heterocycles. The second-order valence-electron chi connectivity index (χ2n) is 7.31. The fourth-order valence-electron chi connectivity index (χ4n) is 5.29. The smallest absolute Gasteiger partial charge is 0.230 e. The SMILES string of the molecule is C=CCNC(=O)CSCCC12CC3CC(CC(C3)C1)C2. The Labute approximate surface area is 127 Å². The number of nitrogens with one attached hydrogen (secondary N) is 1. The van der Waals surface area contributed by atoms with Crippen LogP contribution >= 0.6 is 11.8 Å². The van der Waals surface area contributed by atoms with E-state index >= 15 is 0 Å². The lowest BCUT2D eigenvalue weighted by atomic mass is 9.49. The average Bonchev–Trinajstić information content (AvgIpc) is 2.40. The van der Waals surface area contributed by atoms with Gasteiger partial charge in [0.25, 0.3) is 0 Å². The van der Waals surface area contributed by atoms with E-state index in [0.717, 1.165) is 23.5 Å². The Kier molecular flexibility index (Phi) is 4.44. The van der Waals surface area contributed by atoms with E-state index in [1.807, 2.05) is 11.8 Å². The lowest BCUT2D eigenvalue weighted by molar-refractivity contribution is -0.118. The minimum Gasteiger partial charge on any atom is -0.352 e. The Hall–Kier alpha value is -0.440. The van der Waals surface area contributed by atoms with Crippen molar-refractivity contribution in [3.05, 3.63) is 12.7 Å². The highest BCUT2D eigenvalue weighted by atomic mass is 32.2. The van der Waals surface area contributed by atoms with Gasteiger partial charge in [0.1, 0.15) is 0 Å². The number of carbonyl (C=O) groups is 1. The summed E-state index contributed by atoms with van der Waals surface area (Å²) in [6.45, 7) is 4.21. The van der Waals surface area contributed by atoms with E-state index < -0.39 is 0 Å². The quantitative estimate of drug-likeness (QED) is 0.574. The van der Waals surface area contributed by atoms with Crippen LogP contribution in [0.2, 0.25) is 0 Å². The van der Waals surface area contributed by atoms with Crippen LogP contribution in [-0.2, 0) is 4.79 Å². The molecule has 0 aromatic carbocycles. The van der Waals surface area contributed by atoms with Gasteiger partial charge in [-0.1, -0.05) is 6.08 Å². The zero-order chi connectivity index (χ0) is 14.0. The Morgan fingerprint density at radius 1 is 1.20 bits per heavy atom. The first-order valence-corrected chi connectivity index (χ1v) is 9.30. The Morgan fingerprint density at radius 2 is 1.80 bits per heavy atom. The summed E-state index contributed by atoms with van der Waals surface area (Å²) in [5, 5.41) is 2.85. The van der Waals surface area contributed by atoms with Crippen LogP contribution in [0.1, 0.15) is 44.9 Å². The van der Waals surface area contributed by atoms with Gasteiger partial charge < -0.3 is 5.32 Å². The monoisotopic (exact) mass is 293 g/mol. The van der Waals surface area contributed by atoms with Gasteiger partial charge in [-0.15, -0.1) is 6.58 Å². The summed E-state index contributed by atoms with van der Waals surface area (Å²) in [7, 11) is 0. The van der Waals surface area contributed by atoms with Crippen molar-refractivity contribution < 1.29 is 4.79 Å². The van der Waals surface area contributed by atoms with Crippen molar-refractivity contribution in [3.63, 3.8) is 0 Å². The van der Waals surface area contributed by atoms with Crippen molar-refractivity contribution >= 4 is 17.7 Å². The van der Waals surface area contributed by atoms with Gasteiger partial charge in [-0.3, -0.25) is 4.79 Å². The summed E-state index contributed by atoms with van der Waals surface area (Å²) < 4.78 is 0. The van der Waals surface area contributed by atoms with Crippen LogP contribution < -0.4 is 5.32 Å². The molecule has 1 amide bonds. The molecule has 0 radical (unpaired) electrons. The number of amides is 1. The van der Waals surface area contributed by atoms with Gasteiger partial charge in [0.05, 0.1) is 5.75 Å². The molecule has 112 valence electrons. The molecule has 2 nitrogen and oxygen atoms in total. The van der Waals surface area contributed by atoms with Crippen LogP contribution in [0.4, 0.5) is 0 Å². The van der Waals surface area contributed by atoms with Crippen molar-refractivity contribution in [2.24, 2.45) is 23.2 Å². The minimum atomic E-state index is 0.153. The molecular weight excluding hydrogens is 266 g/mol. The highest BCUT2D eigenvalue weighted by molar-refractivity contribution is 7.99. The molecule has 0 heterocycles.